The minimum absolute atomic E-state index is 0.240. The van der Waals surface area contributed by atoms with E-state index in [2.05, 4.69) is 15.6 Å². The number of ether oxygens (including phenoxy) is 3. The van der Waals surface area contributed by atoms with E-state index in [-0.39, 0.29) is 12.1 Å². The Morgan fingerprint density at radius 3 is 1.97 bits per heavy atom. The molecule has 1 fully saturated rings. The number of methoxy groups -OCH3 is 2. The van der Waals surface area contributed by atoms with Crippen LogP contribution in [0.25, 0.3) is 10.9 Å². The lowest BCUT2D eigenvalue weighted by molar-refractivity contribution is -0.132. The lowest BCUT2D eigenvalue weighted by Crippen LogP contribution is -2.37. The molecule has 0 spiro atoms. The second-order valence-electron chi connectivity index (χ2n) is 8.72. The Hall–Kier alpha value is -4.73. The molecule has 0 bridgehead atoms. The van der Waals surface area contributed by atoms with Crippen molar-refractivity contribution in [3.63, 3.8) is 0 Å². The van der Waals surface area contributed by atoms with Crippen LogP contribution in [-0.2, 0) is 9.59 Å². The molecule has 194 valence electrons. The van der Waals surface area contributed by atoms with Gasteiger partial charge >= 0.3 is 0 Å². The molecule has 4 aromatic rings. The first-order chi connectivity index (χ1) is 18.3. The van der Waals surface area contributed by atoms with Gasteiger partial charge < -0.3 is 24.8 Å². The van der Waals surface area contributed by atoms with E-state index < -0.39 is 29.2 Å². The van der Waals surface area contributed by atoms with Crippen molar-refractivity contribution in [2.75, 3.05) is 24.9 Å². The number of amides is 2. The molecule has 2 atom stereocenters. The summed E-state index contributed by atoms with van der Waals surface area (Å²) in [6, 6.07) is 16.7. The highest BCUT2D eigenvalue weighted by atomic mass is 19.1. The van der Waals surface area contributed by atoms with Crippen LogP contribution in [0.1, 0.15) is 6.42 Å². The van der Waals surface area contributed by atoms with Crippen molar-refractivity contribution < 1.29 is 32.6 Å². The number of nitrogens with one attached hydrogen (secondary N) is 2. The predicted octanol–water partition coefficient (Wildman–Crippen LogP) is 5.49. The zero-order valence-corrected chi connectivity index (χ0v) is 20.5. The molecule has 38 heavy (non-hydrogen) atoms. The van der Waals surface area contributed by atoms with Crippen LogP contribution in [0, 0.1) is 11.2 Å². The number of alkyl halides is 1. The van der Waals surface area contributed by atoms with Gasteiger partial charge in [0.1, 0.15) is 23.5 Å². The van der Waals surface area contributed by atoms with Gasteiger partial charge in [0.15, 0.2) is 16.9 Å². The van der Waals surface area contributed by atoms with Gasteiger partial charge in [0.05, 0.1) is 19.7 Å². The van der Waals surface area contributed by atoms with Crippen molar-refractivity contribution in [2.24, 2.45) is 5.41 Å². The van der Waals surface area contributed by atoms with Gasteiger partial charge in [0, 0.05) is 35.4 Å². The van der Waals surface area contributed by atoms with Crippen molar-refractivity contribution in [3.8, 4) is 23.0 Å². The first-order valence-electron chi connectivity index (χ1n) is 11.7. The summed E-state index contributed by atoms with van der Waals surface area (Å²) in [7, 11) is 3.08. The van der Waals surface area contributed by atoms with Crippen molar-refractivity contribution >= 4 is 34.1 Å². The third-order valence-electron chi connectivity index (χ3n) is 6.34. The molecule has 5 rings (SSSR count). The Bertz CT molecular complexity index is 1510. The van der Waals surface area contributed by atoms with E-state index in [1.54, 1.807) is 55.8 Å². The number of hydrogen-bond acceptors (Lipinski definition) is 6. The summed E-state index contributed by atoms with van der Waals surface area (Å²) in [6.45, 7) is 0. The van der Waals surface area contributed by atoms with E-state index >= 15 is 0 Å². The molecule has 1 heterocycles. The Labute approximate surface area is 216 Å². The minimum atomic E-state index is -1.85. The Morgan fingerprint density at radius 2 is 1.42 bits per heavy atom. The quantitative estimate of drug-likeness (QED) is 0.299. The van der Waals surface area contributed by atoms with Crippen molar-refractivity contribution in [1.82, 2.24) is 4.98 Å². The van der Waals surface area contributed by atoms with E-state index in [1.165, 1.54) is 19.2 Å². The van der Waals surface area contributed by atoms with Gasteiger partial charge in [0.2, 0.25) is 11.8 Å². The maximum Gasteiger partial charge on any atom is 0.243 e. The number of halogens is 2. The molecule has 8 nitrogen and oxygen atoms in total. The fourth-order valence-electron chi connectivity index (χ4n) is 4.08. The van der Waals surface area contributed by atoms with Gasteiger partial charge in [-0.3, -0.25) is 14.6 Å². The average molecular weight is 520 g/mol. The van der Waals surface area contributed by atoms with Crippen LogP contribution < -0.4 is 24.8 Å². The van der Waals surface area contributed by atoms with E-state index in [1.807, 2.05) is 0 Å². The summed E-state index contributed by atoms with van der Waals surface area (Å²) in [4.78, 5) is 30.0. The first-order valence-corrected chi connectivity index (χ1v) is 11.7. The molecule has 0 radical (unpaired) electrons. The molecule has 0 aliphatic heterocycles. The molecule has 1 aromatic heterocycles. The molecule has 3 aromatic carbocycles. The highest BCUT2D eigenvalue weighted by molar-refractivity contribution is 6.18. The summed E-state index contributed by atoms with van der Waals surface area (Å²) in [6.07, 6.45) is -0.255. The number of carbonyl (C=O) groups is 2. The monoisotopic (exact) mass is 519 g/mol. The van der Waals surface area contributed by atoms with E-state index in [4.69, 9.17) is 14.2 Å². The fraction of sp³-hybridized carbons (Fsp3) is 0.179. The van der Waals surface area contributed by atoms with E-state index in [0.29, 0.717) is 39.6 Å². The van der Waals surface area contributed by atoms with Crippen LogP contribution in [0.3, 0.4) is 0 Å². The first kappa shape index (κ1) is 24.9. The molecule has 1 aliphatic rings. The number of pyridine rings is 1. The number of anilines is 2. The van der Waals surface area contributed by atoms with Gasteiger partial charge in [-0.1, -0.05) is 0 Å². The number of carbonyl (C=O) groups excluding carboxylic acids is 2. The minimum Gasteiger partial charge on any atom is -0.493 e. The molecule has 2 amide bonds. The number of hydrogen-bond donors (Lipinski definition) is 2. The highest BCUT2D eigenvalue weighted by Gasteiger charge is 2.67. The maximum absolute atomic E-state index is 14.3. The third kappa shape index (κ3) is 4.68. The number of benzene rings is 3. The molecule has 10 heteroatoms. The summed E-state index contributed by atoms with van der Waals surface area (Å²) in [5, 5.41) is 5.80. The Morgan fingerprint density at radius 1 is 0.868 bits per heavy atom. The molecular formula is C28H23F2N3O5. The number of aromatic nitrogens is 1. The normalized spacial score (nSPS) is 17.9. The zero-order chi connectivity index (χ0) is 26.9. The average Bonchev–Trinajstić information content (AvgIpc) is 3.62. The van der Waals surface area contributed by atoms with Crippen LogP contribution in [0.5, 0.6) is 23.0 Å². The molecule has 2 N–H and O–H groups in total. The Balaban J connectivity index is 1.29. The standard InChI is InChI=1S/C28H23F2N3O5/c1-36-23-13-20-21(14-24(23)37-2)31-12-11-22(20)38-19-9-7-18(8-10-19)33-27(35)28(15-25(28)30)26(34)32-17-5-3-16(29)4-6-17/h3-14,25H,15H2,1-2H3,(H,32,34)(H,33,35)/t25-,28+/m1/s1. The van der Waals surface area contributed by atoms with Crippen molar-refractivity contribution in [2.45, 2.75) is 12.6 Å². The molecule has 0 saturated heterocycles. The summed E-state index contributed by atoms with van der Waals surface area (Å²) in [5.41, 5.74) is -0.566. The van der Waals surface area contributed by atoms with Crippen molar-refractivity contribution in [1.29, 1.82) is 0 Å². The van der Waals surface area contributed by atoms with Crippen LogP contribution in [-0.4, -0.2) is 37.2 Å². The van der Waals surface area contributed by atoms with Crippen LogP contribution in [0.2, 0.25) is 0 Å². The number of fused-ring (bicyclic) bond motifs is 1. The van der Waals surface area contributed by atoms with Gasteiger partial charge in [0.25, 0.3) is 0 Å². The number of nitrogens with zero attached hydrogens (tertiary/aromatic N) is 1. The van der Waals surface area contributed by atoms with Crippen molar-refractivity contribution in [3.05, 3.63) is 78.7 Å². The van der Waals surface area contributed by atoms with Gasteiger partial charge in [-0.05, 0) is 60.7 Å². The highest BCUT2D eigenvalue weighted by Crippen LogP contribution is 2.50. The van der Waals surface area contributed by atoms with Gasteiger partial charge in [-0.2, -0.15) is 0 Å². The van der Waals surface area contributed by atoms with Crippen LogP contribution >= 0.6 is 0 Å². The second kappa shape index (κ2) is 9.97. The lowest BCUT2D eigenvalue weighted by Gasteiger charge is -2.16. The molecule has 1 saturated carbocycles. The van der Waals surface area contributed by atoms with Gasteiger partial charge in [-0.25, -0.2) is 8.78 Å². The SMILES string of the molecule is COc1cc2nccc(Oc3ccc(NC(=O)[C@@]4(C(=O)Nc5ccc(F)cc5)C[C@H]4F)cc3)c2cc1OC. The lowest BCUT2D eigenvalue weighted by atomic mass is 10.0. The molecule has 1 aliphatic carbocycles. The number of rotatable bonds is 8. The maximum atomic E-state index is 14.3. The topological polar surface area (TPSA) is 98.8 Å². The largest absolute Gasteiger partial charge is 0.493 e. The zero-order valence-electron chi connectivity index (χ0n) is 20.5. The van der Waals surface area contributed by atoms with E-state index in [9.17, 15) is 18.4 Å². The van der Waals surface area contributed by atoms with Gasteiger partial charge in [-0.15, -0.1) is 0 Å². The summed E-state index contributed by atoms with van der Waals surface area (Å²) < 4.78 is 44.2. The predicted molar refractivity (Wildman–Crippen MR) is 137 cm³/mol. The van der Waals surface area contributed by atoms with Crippen LogP contribution in [0.4, 0.5) is 20.2 Å². The summed E-state index contributed by atoms with van der Waals surface area (Å²) in [5.74, 6) is 0.0470. The molecular weight excluding hydrogens is 496 g/mol. The smallest absolute Gasteiger partial charge is 0.243 e. The summed E-state index contributed by atoms with van der Waals surface area (Å²) >= 11 is 0. The fourth-order valence-corrected chi connectivity index (χ4v) is 4.08. The second-order valence-corrected chi connectivity index (χ2v) is 8.72. The molecule has 0 unspecified atom stereocenters. The Kier molecular flexibility index (Phi) is 6.54. The van der Waals surface area contributed by atoms with E-state index in [0.717, 1.165) is 12.1 Å². The third-order valence-corrected chi connectivity index (χ3v) is 6.34. The van der Waals surface area contributed by atoms with Crippen LogP contribution in [0.15, 0.2) is 72.9 Å².